The molecule has 1 amide bonds. The van der Waals surface area contributed by atoms with Crippen LogP contribution in [0.1, 0.15) is 35.7 Å². The predicted octanol–water partition coefficient (Wildman–Crippen LogP) is 3.79. The number of carbonyl (C=O) groups is 1. The number of amides is 1. The van der Waals surface area contributed by atoms with E-state index in [1.54, 1.807) is 0 Å². The normalized spacial score (nSPS) is 16.1. The lowest BCUT2D eigenvalue weighted by Crippen LogP contribution is -2.41. The van der Waals surface area contributed by atoms with Gasteiger partial charge in [-0.25, -0.2) is 0 Å². The Morgan fingerprint density at radius 2 is 1.73 bits per heavy atom. The average Bonchev–Trinajstić information content (AvgIpc) is 2.80. The van der Waals surface area contributed by atoms with Gasteiger partial charge in [0.2, 0.25) is 5.91 Å². The number of hydrogen-bond acceptors (Lipinski definition) is 4. The van der Waals surface area contributed by atoms with Crippen LogP contribution >= 0.6 is 0 Å². The summed E-state index contributed by atoms with van der Waals surface area (Å²) in [6, 6.07) is 19.9. The molecule has 1 fully saturated rings. The Morgan fingerprint density at radius 3 is 2.43 bits per heavy atom. The van der Waals surface area contributed by atoms with Crippen LogP contribution in [0.2, 0.25) is 0 Å². The molecule has 4 rings (SSSR count). The quantitative estimate of drug-likeness (QED) is 0.656. The molecule has 1 aliphatic heterocycles. The minimum Gasteiger partial charge on any atom is -0.347 e. The Balaban J connectivity index is 1.40. The molecule has 5 nitrogen and oxygen atoms in total. The molecule has 154 valence electrons. The molecule has 1 saturated heterocycles. The van der Waals surface area contributed by atoms with Crippen molar-refractivity contribution in [3.63, 3.8) is 0 Å². The first-order valence-electron chi connectivity index (χ1n) is 10.6. The molecule has 0 spiro atoms. The van der Waals surface area contributed by atoms with Gasteiger partial charge < -0.3 is 5.32 Å². The van der Waals surface area contributed by atoms with Crippen LogP contribution in [0.25, 0.3) is 0 Å². The van der Waals surface area contributed by atoms with Gasteiger partial charge in [-0.05, 0) is 61.2 Å². The number of nitrogens with zero attached hydrogens (tertiary/aromatic N) is 3. The summed E-state index contributed by atoms with van der Waals surface area (Å²) in [6.07, 6.45) is 8.02. The van der Waals surface area contributed by atoms with Crippen LogP contribution in [0.15, 0.2) is 79.3 Å². The predicted molar refractivity (Wildman–Crippen MR) is 118 cm³/mol. The minimum absolute atomic E-state index is 0.0506. The van der Waals surface area contributed by atoms with Crippen LogP contribution in [-0.2, 0) is 17.8 Å². The highest BCUT2D eigenvalue weighted by atomic mass is 16.1. The van der Waals surface area contributed by atoms with Crippen LogP contribution in [0.3, 0.4) is 0 Å². The zero-order valence-electron chi connectivity index (χ0n) is 17.2. The molecule has 0 bridgehead atoms. The van der Waals surface area contributed by atoms with E-state index in [4.69, 9.17) is 0 Å². The maximum Gasteiger partial charge on any atom is 0.224 e. The molecule has 1 aliphatic rings. The van der Waals surface area contributed by atoms with Gasteiger partial charge in [0, 0.05) is 25.1 Å². The maximum atomic E-state index is 12.8. The van der Waals surface area contributed by atoms with Gasteiger partial charge in [-0.3, -0.25) is 19.7 Å². The first-order valence-corrected chi connectivity index (χ1v) is 10.6. The third kappa shape index (κ3) is 5.51. The summed E-state index contributed by atoms with van der Waals surface area (Å²) in [5, 5.41) is 3.29. The molecule has 1 aromatic carbocycles. The molecule has 5 heteroatoms. The summed E-state index contributed by atoms with van der Waals surface area (Å²) in [6.45, 7) is 2.95. The lowest BCUT2D eigenvalue weighted by atomic mass is 9.87. The fourth-order valence-electron chi connectivity index (χ4n) is 4.19. The van der Waals surface area contributed by atoms with Crippen molar-refractivity contribution in [2.24, 2.45) is 5.92 Å². The van der Waals surface area contributed by atoms with E-state index in [-0.39, 0.29) is 11.9 Å². The zero-order valence-corrected chi connectivity index (χ0v) is 17.2. The number of pyridine rings is 2. The lowest BCUT2D eigenvalue weighted by Gasteiger charge is -2.36. The number of carbonyl (C=O) groups excluding carboxylic acids is 1. The average molecular weight is 401 g/mol. The van der Waals surface area contributed by atoms with Gasteiger partial charge in [-0.15, -0.1) is 0 Å². The first kappa shape index (κ1) is 20.2. The largest absolute Gasteiger partial charge is 0.347 e. The van der Waals surface area contributed by atoms with Gasteiger partial charge >= 0.3 is 0 Å². The van der Waals surface area contributed by atoms with Crippen molar-refractivity contribution in [3.8, 4) is 0 Å². The number of rotatable bonds is 7. The van der Waals surface area contributed by atoms with Crippen LogP contribution in [0.5, 0.6) is 0 Å². The fourth-order valence-corrected chi connectivity index (χ4v) is 4.19. The highest BCUT2D eigenvalue weighted by molar-refractivity contribution is 5.79. The van der Waals surface area contributed by atoms with E-state index in [1.807, 2.05) is 73.2 Å². The van der Waals surface area contributed by atoms with Gasteiger partial charge in [0.1, 0.15) is 0 Å². The van der Waals surface area contributed by atoms with Gasteiger partial charge in [0.25, 0.3) is 0 Å². The van der Waals surface area contributed by atoms with Gasteiger partial charge in [-0.1, -0.05) is 42.5 Å². The molecule has 0 radical (unpaired) electrons. The smallest absolute Gasteiger partial charge is 0.224 e. The molecule has 0 aliphatic carbocycles. The van der Waals surface area contributed by atoms with E-state index in [0.717, 1.165) is 43.7 Å². The van der Waals surface area contributed by atoms with E-state index >= 15 is 0 Å². The second kappa shape index (κ2) is 10.1. The second-order valence-electron chi connectivity index (χ2n) is 7.94. The molecule has 30 heavy (non-hydrogen) atoms. The van der Waals surface area contributed by atoms with Crippen molar-refractivity contribution in [1.29, 1.82) is 0 Å². The summed E-state index contributed by atoms with van der Waals surface area (Å²) in [5.74, 6) is 0.430. The monoisotopic (exact) mass is 400 g/mol. The van der Waals surface area contributed by atoms with Crippen LogP contribution in [0.4, 0.5) is 0 Å². The highest BCUT2D eigenvalue weighted by Crippen LogP contribution is 2.30. The molecule has 0 unspecified atom stereocenters. The lowest BCUT2D eigenvalue weighted by molar-refractivity contribution is -0.121. The number of likely N-dealkylation sites (tertiary alicyclic amines) is 1. The second-order valence-corrected chi connectivity index (χ2v) is 7.94. The van der Waals surface area contributed by atoms with E-state index in [1.165, 1.54) is 5.56 Å². The number of piperidine rings is 1. The van der Waals surface area contributed by atoms with Crippen molar-refractivity contribution in [2.75, 3.05) is 13.1 Å². The topological polar surface area (TPSA) is 58.1 Å². The highest BCUT2D eigenvalue weighted by Gasteiger charge is 2.29. The third-order valence-corrected chi connectivity index (χ3v) is 5.76. The maximum absolute atomic E-state index is 12.8. The fraction of sp³-hybridized carbons (Fsp3) is 0.320. The molecule has 2 aromatic heterocycles. The Kier molecular flexibility index (Phi) is 6.83. The molecular weight excluding hydrogens is 372 g/mol. The number of hydrogen-bond donors (Lipinski definition) is 1. The molecule has 3 heterocycles. The summed E-state index contributed by atoms with van der Waals surface area (Å²) in [5.41, 5.74) is 3.22. The summed E-state index contributed by atoms with van der Waals surface area (Å²) >= 11 is 0. The van der Waals surface area contributed by atoms with Crippen molar-refractivity contribution in [1.82, 2.24) is 20.2 Å². The van der Waals surface area contributed by atoms with E-state index in [2.05, 4.69) is 26.3 Å². The number of nitrogens with one attached hydrogen (secondary N) is 1. The Hall–Kier alpha value is -3.05. The standard InChI is InChI=1S/C25H28N4O/c30-24(17-20-7-2-1-3-8-20)28-25(23-10-4-5-14-27-23)22-11-15-29(16-12-22)19-21-9-6-13-26-18-21/h1-10,13-14,18,22,25H,11-12,15-17,19H2,(H,28,30)/t25-/m0/s1. The van der Waals surface area contributed by atoms with E-state index in [0.29, 0.717) is 12.3 Å². The van der Waals surface area contributed by atoms with Crippen LogP contribution in [-0.4, -0.2) is 33.9 Å². The molecule has 1 N–H and O–H groups in total. The van der Waals surface area contributed by atoms with Gasteiger partial charge in [0.15, 0.2) is 0 Å². The molecule has 1 atom stereocenters. The Labute approximate surface area is 178 Å². The van der Waals surface area contributed by atoms with Crippen molar-refractivity contribution >= 4 is 5.91 Å². The number of benzene rings is 1. The van der Waals surface area contributed by atoms with E-state index < -0.39 is 0 Å². The first-order chi connectivity index (χ1) is 14.8. The SMILES string of the molecule is O=C(Cc1ccccc1)N[C@H](c1ccccn1)C1CCN(Cc2cccnc2)CC1. The van der Waals surface area contributed by atoms with Crippen molar-refractivity contribution < 1.29 is 4.79 Å². The van der Waals surface area contributed by atoms with Crippen LogP contribution in [0, 0.1) is 5.92 Å². The molecular formula is C25H28N4O. The van der Waals surface area contributed by atoms with E-state index in [9.17, 15) is 4.79 Å². The Bertz CT molecular complexity index is 910. The summed E-state index contributed by atoms with van der Waals surface area (Å²) in [7, 11) is 0. The summed E-state index contributed by atoms with van der Waals surface area (Å²) < 4.78 is 0. The Morgan fingerprint density at radius 1 is 0.967 bits per heavy atom. The minimum atomic E-state index is -0.0528. The van der Waals surface area contributed by atoms with Crippen molar-refractivity contribution in [3.05, 3.63) is 96.1 Å². The van der Waals surface area contributed by atoms with Gasteiger partial charge in [0.05, 0.1) is 18.2 Å². The van der Waals surface area contributed by atoms with Crippen molar-refractivity contribution in [2.45, 2.75) is 31.8 Å². The van der Waals surface area contributed by atoms with Gasteiger partial charge in [-0.2, -0.15) is 0 Å². The molecule has 0 saturated carbocycles. The zero-order chi connectivity index (χ0) is 20.6. The number of aromatic nitrogens is 2. The third-order valence-electron chi connectivity index (χ3n) is 5.76. The van der Waals surface area contributed by atoms with Crippen LogP contribution < -0.4 is 5.32 Å². The molecule has 3 aromatic rings. The summed E-state index contributed by atoms with van der Waals surface area (Å²) in [4.78, 5) is 24.0.